The van der Waals surface area contributed by atoms with Crippen LogP contribution < -0.4 is 10.2 Å². The van der Waals surface area contributed by atoms with Crippen molar-refractivity contribution in [2.45, 2.75) is 33.1 Å². The van der Waals surface area contributed by atoms with E-state index in [1.54, 1.807) is 0 Å². The molecular weight excluding hydrogens is 260 g/mol. The van der Waals surface area contributed by atoms with Crippen LogP contribution in [-0.2, 0) is 6.42 Å². The van der Waals surface area contributed by atoms with Crippen LogP contribution in [0.1, 0.15) is 31.2 Å². The van der Waals surface area contributed by atoms with Crippen molar-refractivity contribution in [1.82, 2.24) is 9.97 Å². The maximum Gasteiger partial charge on any atom is 0.138 e. The Balaban J connectivity index is 1.86. The van der Waals surface area contributed by atoms with Gasteiger partial charge in [0.05, 0.1) is 0 Å². The molecule has 4 heteroatoms. The molecule has 1 N–H and O–H groups in total. The monoisotopic (exact) mass is 282 g/mol. The molecule has 0 aliphatic carbocycles. The molecule has 3 rings (SSSR count). The second-order valence-electron chi connectivity index (χ2n) is 5.47. The van der Waals surface area contributed by atoms with Crippen LogP contribution in [0.4, 0.5) is 17.3 Å². The quantitative estimate of drug-likeness (QED) is 0.849. The lowest BCUT2D eigenvalue weighted by Gasteiger charge is -2.19. The largest absolute Gasteiger partial charge is 0.370 e. The van der Waals surface area contributed by atoms with E-state index in [-0.39, 0.29) is 0 Å². The van der Waals surface area contributed by atoms with Gasteiger partial charge in [-0.2, -0.15) is 0 Å². The topological polar surface area (TPSA) is 41.0 Å². The predicted octanol–water partition coefficient (Wildman–Crippen LogP) is 3.69. The number of aromatic nitrogens is 2. The van der Waals surface area contributed by atoms with Gasteiger partial charge in [0.1, 0.15) is 17.5 Å². The third kappa shape index (κ3) is 2.99. The highest BCUT2D eigenvalue weighted by Gasteiger charge is 2.21. The van der Waals surface area contributed by atoms with Crippen molar-refractivity contribution >= 4 is 17.3 Å². The smallest absolute Gasteiger partial charge is 0.138 e. The first-order valence-corrected chi connectivity index (χ1v) is 7.73. The van der Waals surface area contributed by atoms with Gasteiger partial charge >= 0.3 is 0 Å². The first kappa shape index (κ1) is 13.9. The number of nitrogens with one attached hydrogen (secondary N) is 1. The first-order chi connectivity index (χ1) is 10.3. The highest BCUT2D eigenvalue weighted by molar-refractivity contribution is 5.68. The lowest BCUT2D eigenvalue weighted by atomic mass is 10.2. The van der Waals surface area contributed by atoms with Crippen molar-refractivity contribution < 1.29 is 0 Å². The van der Waals surface area contributed by atoms with Crippen LogP contribution in [0, 0.1) is 6.92 Å². The van der Waals surface area contributed by atoms with Gasteiger partial charge < -0.3 is 10.2 Å². The molecule has 110 valence electrons. The van der Waals surface area contributed by atoms with Gasteiger partial charge in [0.2, 0.25) is 0 Å². The molecule has 0 saturated heterocycles. The Kier molecular flexibility index (Phi) is 4.04. The fraction of sp³-hybridized carbons (Fsp3) is 0.412. The highest BCUT2D eigenvalue weighted by atomic mass is 15.2. The number of rotatable bonds is 5. The van der Waals surface area contributed by atoms with Crippen molar-refractivity contribution in [2.24, 2.45) is 0 Å². The van der Waals surface area contributed by atoms with E-state index in [0.29, 0.717) is 0 Å². The summed E-state index contributed by atoms with van der Waals surface area (Å²) >= 11 is 0. The average Bonchev–Trinajstić information content (AvgIpc) is 2.91. The molecule has 0 unspecified atom stereocenters. The van der Waals surface area contributed by atoms with E-state index in [1.807, 2.05) is 6.92 Å². The summed E-state index contributed by atoms with van der Waals surface area (Å²) < 4.78 is 0. The van der Waals surface area contributed by atoms with E-state index < -0.39 is 0 Å². The maximum atomic E-state index is 4.62. The number of nitrogens with zero attached hydrogens (tertiary/aromatic N) is 3. The van der Waals surface area contributed by atoms with E-state index in [4.69, 9.17) is 0 Å². The van der Waals surface area contributed by atoms with Crippen molar-refractivity contribution in [1.29, 1.82) is 0 Å². The van der Waals surface area contributed by atoms with Gasteiger partial charge in [-0.15, -0.1) is 0 Å². The van der Waals surface area contributed by atoms with Gasteiger partial charge in [-0.1, -0.05) is 31.5 Å². The summed E-state index contributed by atoms with van der Waals surface area (Å²) in [7, 11) is 0. The van der Waals surface area contributed by atoms with E-state index in [1.165, 1.54) is 17.7 Å². The Hall–Kier alpha value is -2.10. The van der Waals surface area contributed by atoms with Crippen molar-refractivity contribution in [3.8, 4) is 0 Å². The number of hydrogen-bond acceptors (Lipinski definition) is 4. The summed E-state index contributed by atoms with van der Waals surface area (Å²) in [6.07, 6.45) is 3.42. The maximum absolute atomic E-state index is 4.62. The summed E-state index contributed by atoms with van der Waals surface area (Å²) in [6.45, 7) is 6.10. The standard InChI is InChI=1S/C17H22N4/c1-3-4-10-18-16-12-17(20-13(2)19-16)21-11-9-14-7-5-6-8-15(14)21/h5-8,12H,3-4,9-11H2,1-2H3,(H,18,19,20). The summed E-state index contributed by atoms with van der Waals surface area (Å²) in [5, 5.41) is 3.40. The van der Waals surface area contributed by atoms with Gasteiger partial charge in [-0.05, 0) is 31.4 Å². The van der Waals surface area contributed by atoms with Crippen LogP contribution in [0.2, 0.25) is 0 Å². The normalized spacial score (nSPS) is 13.3. The molecule has 1 aromatic heterocycles. The molecule has 0 atom stereocenters. The van der Waals surface area contributed by atoms with Crippen LogP contribution in [0.3, 0.4) is 0 Å². The molecule has 1 aliphatic heterocycles. The highest BCUT2D eigenvalue weighted by Crippen LogP contribution is 2.33. The van der Waals surface area contributed by atoms with E-state index in [0.717, 1.165) is 43.4 Å². The lowest BCUT2D eigenvalue weighted by molar-refractivity contribution is 0.828. The minimum absolute atomic E-state index is 0.816. The molecule has 0 saturated carbocycles. The van der Waals surface area contributed by atoms with E-state index >= 15 is 0 Å². The summed E-state index contributed by atoms with van der Waals surface area (Å²) in [6, 6.07) is 10.6. The minimum atomic E-state index is 0.816. The zero-order chi connectivity index (χ0) is 14.7. The lowest BCUT2D eigenvalue weighted by Crippen LogP contribution is -2.16. The number of unbranched alkanes of at least 4 members (excludes halogenated alkanes) is 1. The second-order valence-corrected chi connectivity index (χ2v) is 5.47. The number of anilines is 3. The zero-order valence-corrected chi connectivity index (χ0v) is 12.8. The van der Waals surface area contributed by atoms with Crippen LogP contribution in [0.15, 0.2) is 30.3 Å². The molecule has 0 radical (unpaired) electrons. The van der Waals surface area contributed by atoms with Crippen LogP contribution in [0.5, 0.6) is 0 Å². The Morgan fingerprint density at radius 2 is 2.10 bits per heavy atom. The molecule has 4 nitrogen and oxygen atoms in total. The summed E-state index contributed by atoms with van der Waals surface area (Å²) in [5.74, 6) is 2.73. The van der Waals surface area contributed by atoms with Crippen LogP contribution >= 0.6 is 0 Å². The molecule has 0 amide bonds. The molecule has 0 spiro atoms. The Morgan fingerprint density at radius 3 is 2.95 bits per heavy atom. The molecule has 0 bridgehead atoms. The second kappa shape index (κ2) is 6.12. The summed E-state index contributed by atoms with van der Waals surface area (Å²) in [4.78, 5) is 11.4. The number of aryl methyl sites for hydroxylation is 1. The molecular formula is C17H22N4. The van der Waals surface area contributed by atoms with Gasteiger partial charge in [0, 0.05) is 24.8 Å². The third-order valence-electron chi connectivity index (χ3n) is 3.82. The molecule has 1 aromatic carbocycles. The molecule has 2 heterocycles. The molecule has 2 aromatic rings. The van der Waals surface area contributed by atoms with Crippen LogP contribution in [-0.4, -0.2) is 23.1 Å². The minimum Gasteiger partial charge on any atom is -0.370 e. The number of hydrogen-bond donors (Lipinski definition) is 1. The molecule has 21 heavy (non-hydrogen) atoms. The Bertz CT molecular complexity index is 624. The van der Waals surface area contributed by atoms with Gasteiger partial charge in [0.25, 0.3) is 0 Å². The number of fused-ring (bicyclic) bond motifs is 1. The average molecular weight is 282 g/mol. The Labute approximate surface area is 126 Å². The van der Waals surface area contributed by atoms with Gasteiger partial charge in [-0.25, -0.2) is 9.97 Å². The fourth-order valence-electron chi connectivity index (χ4n) is 2.75. The number of benzene rings is 1. The van der Waals surface area contributed by atoms with Crippen LogP contribution in [0.25, 0.3) is 0 Å². The van der Waals surface area contributed by atoms with E-state index in [9.17, 15) is 0 Å². The zero-order valence-electron chi connectivity index (χ0n) is 12.8. The molecule has 1 aliphatic rings. The van der Waals surface area contributed by atoms with Gasteiger partial charge in [-0.3, -0.25) is 0 Å². The van der Waals surface area contributed by atoms with Gasteiger partial charge in [0.15, 0.2) is 0 Å². The Morgan fingerprint density at radius 1 is 1.24 bits per heavy atom. The number of para-hydroxylation sites is 1. The SMILES string of the molecule is CCCCNc1cc(N2CCc3ccccc32)nc(C)n1. The first-order valence-electron chi connectivity index (χ1n) is 7.73. The van der Waals surface area contributed by atoms with Crippen molar-refractivity contribution in [2.75, 3.05) is 23.3 Å². The third-order valence-corrected chi connectivity index (χ3v) is 3.82. The predicted molar refractivity (Wildman–Crippen MR) is 87.3 cm³/mol. The van der Waals surface area contributed by atoms with Crippen molar-refractivity contribution in [3.05, 3.63) is 41.7 Å². The fourth-order valence-corrected chi connectivity index (χ4v) is 2.75. The molecule has 0 fully saturated rings. The summed E-state index contributed by atoms with van der Waals surface area (Å²) in [5.41, 5.74) is 2.67. The van der Waals surface area contributed by atoms with Crippen molar-refractivity contribution in [3.63, 3.8) is 0 Å². The van der Waals surface area contributed by atoms with E-state index in [2.05, 4.69) is 57.4 Å².